The van der Waals surface area contributed by atoms with Gasteiger partial charge in [-0.2, -0.15) is 5.10 Å². The van der Waals surface area contributed by atoms with Gasteiger partial charge in [-0.1, -0.05) is 6.92 Å². The molecule has 2 aromatic rings. The third kappa shape index (κ3) is 2.96. The predicted octanol–water partition coefficient (Wildman–Crippen LogP) is 2.82. The van der Waals surface area contributed by atoms with Crippen molar-refractivity contribution < 1.29 is 4.39 Å². The Bertz CT molecular complexity index is 520. The molecule has 96 valence electrons. The summed E-state index contributed by atoms with van der Waals surface area (Å²) in [6, 6.07) is 4.73. The summed E-state index contributed by atoms with van der Waals surface area (Å²) in [7, 11) is 0. The summed E-state index contributed by atoms with van der Waals surface area (Å²) in [6.07, 6.45) is 4.93. The van der Waals surface area contributed by atoms with Gasteiger partial charge in [0.1, 0.15) is 5.82 Å². The first-order valence-electron chi connectivity index (χ1n) is 6.21. The molecule has 0 unspecified atom stereocenters. The van der Waals surface area contributed by atoms with E-state index in [4.69, 9.17) is 0 Å². The smallest absolute Gasteiger partial charge is 0.123 e. The second-order valence-corrected chi connectivity index (χ2v) is 4.40. The monoisotopic (exact) mass is 247 g/mol. The molecule has 3 nitrogen and oxygen atoms in total. The van der Waals surface area contributed by atoms with Crippen LogP contribution in [0.3, 0.4) is 0 Å². The highest BCUT2D eigenvalue weighted by atomic mass is 19.1. The molecule has 4 heteroatoms. The summed E-state index contributed by atoms with van der Waals surface area (Å²) in [5.74, 6) is -0.215. The number of nitrogens with one attached hydrogen (secondary N) is 1. The van der Waals surface area contributed by atoms with Gasteiger partial charge >= 0.3 is 0 Å². The maximum Gasteiger partial charge on any atom is 0.123 e. The van der Waals surface area contributed by atoms with Crippen molar-refractivity contribution in [3.63, 3.8) is 0 Å². The van der Waals surface area contributed by atoms with Crippen LogP contribution >= 0.6 is 0 Å². The van der Waals surface area contributed by atoms with Gasteiger partial charge < -0.3 is 5.32 Å². The highest BCUT2D eigenvalue weighted by Gasteiger charge is 2.04. The van der Waals surface area contributed by atoms with E-state index in [9.17, 15) is 4.39 Å². The van der Waals surface area contributed by atoms with E-state index in [1.165, 1.54) is 12.1 Å². The minimum Gasteiger partial charge on any atom is -0.313 e. The summed E-state index contributed by atoms with van der Waals surface area (Å²) in [6.45, 7) is 5.84. The molecule has 0 aliphatic carbocycles. The van der Waals surface area contributed by atoms with Crippen LogP contribution in [-0.2, 0) is 6.54 Å². The van der Waals surface area contributed by atoms with E-state index in [1.807, 2.05) is 19.3 Å². The van der Waals surface area contributed by atoms with Gasteiger partial charge in [-0.15, -0.1) is 0 Å². The van der Waals surface area contributed by atoms with Crippen LogP contribution in [0.2, 0.25) is 0 Å². The zero-order chi connectivity index (χ0) is 13.0. The van der Waals surface area contributed by atoms with Crippen molar-refractivity contribution in [2.75, 3.05) is 6.54 Å². The number of rotatable bonds is 5. The molecule has 0 saturated heterocycles. The van der Waals surface area contributed by atoms with Gasteiger partial charge in [-0.25, -0.2) is 9.07 Å². The Hall–Kier alpha value is -1.68. The Kier molecular flexibility index (Phi) is 4.10. The average Bonchev–Trinajstić information content (AvgIpc) is 2.78. The summed E-state index contributed by atoms with van der Waals surface area (Å²) in [5.41, 5.74) is 2.93. The molecule has 0 aliphatic rings. The molecule has 0 spiro atoms. The third-order valence-corrected chi connectivity index (χ3v) is 2.80. The molecule has 0 radical (unpaired) electrons. The van der Waals surface area contributed by atoms with Crippen LogP contribution in [0.4, 0.5) is 4.39 Å². The van der Waals surface area contributed by atoms with Gasteiger partial charge in [-0.3, -0.25) is 0 Å². The topological polar surface area (TPSA) is 29.9 Å². The fourth-order valence-electron chi connectivity index (χ4n) is 1.87. The summed E-state index contributed by atoms with van der Waals surface area (Å²) < 4.78 is 14.8. The maximum absolute atomic E-state index is 13.0. The molecule has 2 rings (SSSR count). The van der Waals surface area contributed by atoms with Gasteiger partial charge in [0.25, 0.3) is 0 Å². The number of hydrogen-bond donors (Lipinski definition) is 1. The van der Waals surface area contributed by atoms with E-state index in [1.54, 1.807) is 10.7 Å². The fourth-order valence-corrected chi connectivity index (χ4v) is 1.87. The van der Waals surface area contributed by atoms with Crippen molar-refractivity contribution in [3.8, 4) is 5.69 Å². The van der Waals surface area contributed by atoms with Crippen molar-refractivity contribution in [2.24, 2.45) is 0 Å². The third-order valence-electron chi connectivity index (χ3n) is 2.80. The zero-order valence-electron chi connectivity index (χ0n) is 10.8. The molecule has 0 aliphatic heterocycles. The van der Waals surface area contributed by atoms with Gasteiger partial charge in [0.05, 0.1) is 11.9 Å². The quantitative estimate of drug-likeness (QED) is 0.823. The van der Waals surface area contributed by atoms with Crippen molar-refractivity contribution in [2.45, 2.75) is 26.8 Å². The normalized spacial score (nSPS) is 10.8. The standard InChI is InChI=1S/C14H18FN3/c1-3-6-16-8-12-9-17-18(10-12)14-5-4-13(15)7-11(14)2/h4-5,7,9-10,16H,3,6,8H2,1-2H3. The van der Waals surface area contributed by atoms with Crippen LogP contribution in [-0.4, -0.2) is 16.3 Å². The molecule has 18 heavy (non-hydrogen) atoms. The molecule has 0 bridgehead atoms. The largest absolute Gasteiger partial charge is 0.313 e. The van der Waals surface area contributed by atoms with Gasteiger partial charge in [0.2, 0.25) is 0 Å². The van der Waals surface area contributed by atoms with Gasteiger partial charge in [0.15, 0.2) is 0 Å². The Morgan fingerprint density at radius 2 is 2.22 bits per heavy atom. The van der Waals surface area contributed by atoms with Crippen molar-refractivity contribution in [3.05, 3.63) is 47.5 Å². The lowest BCUT2D eigenvalue weighted by Gasteiger charge is -2.05. The van der Waals surface area contributed by atoms with E-state index < -0.39 is 0 Å². The number of aryl methyl sites for hydroxylation is 1. The number of aromatic nitrogens is 2. The second kappa shape index (κ2) is 5.78. The van der Waals surface area contributed by atoms with Crippen LogP contribution in [0.1, 0.15) is 24.5 Å². The van der Waals surface area contributed by atoms with Crippen molar-refractivity contribution in [1.82, 2.24) is 15.1 Å². The van der Waals surface area contributed by atoms with Crippen LogP contribution in [0.15, 0.2) is 30.6 Å². The van der Waals surface area contributed by atoms with Crippen molar-refractivity contribution in [1.29, 1.82) is 0 Å². The number of nitrogens with zero attached hydrogens (tertiary/aromatic N) is 2. The molecular formula is C14H18FN3. The summed E-state index contributed by atoms with van der Waals surface area (Å²) in [5, 5.41) is 7.64. The Labute approximate surface area is 107 Å². The molecule has 1 N–H and O–H groups in total. The Morgan fingerprint density at radius 1 is 1.39 bits per heavy atom. The highest BCUT2D eigenvalue weighted by Crippen LogP contribution is 2.15. The summed E-state index contributed by atoms with van der Waals surface area (Å²) in [4.78, 5) is 0. The Balaban J connectivity index is 2.13. The SMILES string of the molecule is CCCNCc1cnn(-c2ccc(F)cc2C)c1. The maximum atomic E-state index is 13.0. The fraction of sp³-hybridized carbons (Fsp3) is 0.357. The van der Waals surface area contributed by atoms with Gasteiger partial charge in [-0.05, 0) is 43.7 Å². The van der Waals surface area contributed by atoms with E-state index in [-0.39, 0.29) is 5.82 Å². The molecule has 0 atom stereocenters. The lowest BCUT2D eigenvalue weighted by Crippen LogP contribution is -2.13. The molecule has 1 heterocycles. The lowest BCUT2D eigenvalue weighted by molar-refractivity contribution is 0.625. The molecule has 0 fully saturated rings. The first-order valence-corrected chi connectivity index (χ1v) is 6.21. The second-order valence-electron chi connectivity index (χ2n) is 4.40. The van der Waals surface area contributed by atoms with Crippen LogP contribution in [0.25, 0.3) is 5.69 Å². The van der Waals surface area contributed by atoms with Crippen molar-refractivity contribution >= 4 is 0 Å². The van der Waals surface area contributed by atoms with E-state index in [0.29, 0.717) is 0 Å². The zero-order valence-corrected chi connectivity index (χ0v) is 10.8. The minimum atomic E-state index is -0.215. The minimum absolute atomic E-state index is 0.215. The van der Waals surface area contributed by atoms with Crippen LogP contribution in [0, 0.1) is 12.7 Å². The molecule has 1 aromatic carbocycles. The molecule has 1 aromatic heterocycles. The van der Waals surface area contributed by atoms with Gasteiger partial charge in [0, 0.05) is 18.3 Å². The predicted molar refractivity (Wildman–Crippen MR) is 70.3 cm³/mol. The van der Waals surface area contributed by atoms with E-state index in [0.717, 1.165) is 36.3 Å². The molecular weight excluding hydrogens is 229 g/mol. The first kappa shape index (κ1) is 12.8. The van der Waals surface area contributed by atoms with E-state index >= 15 is 0 Å². The number of benzene rings is 1. The van der Waals surface area contributed by atoms with E-state index in [2.05, 4.69) is 17.3 Å². The van der Waals surface area contributed by atoms with Crippen LogP contribution < -0.4 is 5.32 Å². The van der Waals surface area contributed by atoms with Crippen LogP contribution in [0.5, 0.6) is 0 Å². The lowest BCUT2D eigenvalue weighted by atomic mass is 10.2. The molecule has 0 saturated carbocycles. The Morgan fingerprint density at radius 3 is 2.94 bits per heavy atom. The summed E-state index contributed by atoms with van der Waals surface area (Å²) >= 11 is 0. The molecule has 0 amide bonds. The highest BCUT2D eigenvalue weighted by molar-refractivity contribution is 5.40. The first-order chi connectivity index (χ1) is 8.70. The number of hydrogen-bond acceptors (Lipinski definition) is 2. The average molecular weight is 247 g/mol. The number of halogens is 1.